The third kappa shape index (κ3) is 3.76. The first kappa shape index (κ1) is 14.1. The van der Waals surface area contributed by atoms with Gasteiger partial charge in [0.1, 0.15) is 5.92 Å². The quantitative estimate of drug-likeness (QED) is 0.310. The van der Waals surface area contributed by atoms with E-state index in [1.54, 1.807) is 0 Å². The first-order valence-electron chi connectivity index (χ1n) is 5.58. The van der Waals surface area contributed by atoms with Crippen LogP contribution in [0.15, 0.2) is 5.16 Å². The maximum atomic E-state index is 12.6. The molecule has 1 rings (SSSR count). The summed E-state index contributed by atoms with van der Waals surface area (Å²) in [5, 5.41) is 13.7. The zero-order valence-corrected chi connectivity index (χ0v) is 9.72. The fraction of sp³-hybridized carbons (Fsp3) is 0.900. The number of nitrogens with two attached hydrogens (primary N) is 1. The molecule has 17 heavy (non-hydrogen) atoms. The average Bonchev–Trinajstić information content (AvgIpc) is 2.63. The van der Waals surface area contributed by atoms with E-state index in [9.17, 15) is 13.2 Å². The van der Waals surface area contributed by atoms with Crippen molar-refractivity contribution in [1.29, 1.82) is 0 Å². The second-order valence-corrected chi connectivity index (χ2v) is 4.77. The summed E-state index contributed by atoms with van der Waals surface area (Å²) in [5.41, 5.74) is 4.81. The van der Waals surface area contributed by atoms with E-state index >= 15 is 0 Å². The van der Waals surface area contributed by atoms with Crippen molar-refractivity contribution in [3.63, 3.8) is 0 Å². The fourth-order valence-corrected chi connectivity index (χ4v) is 2.14. The van der Waals surface area contributed by atoms with Gasteiger partial charge in [0.25, 0.3) is 0 Å². The number of hydrogen-bond acceptors (Lipinski definition) is 3. The molecule has 0 aromatic heterocycles. The lowest BCUT2D eigenvalue weighted by molar-refractivity contribution is -0.155. The van der Waals surface area contributed by atoms with Gasteiger partial charge in [-0.1, -0.05) is 18.0 Å². The Labute approximate surface area is 98.0 Å². The van der Waals surface area contributed by atoms with E-state index < -0.39 is 17.9 Å². The van der Waals surface area contributed by atoms with E-state index in [1.165, 1.54) is 0 Å². The van der Waals surface area contributed by atoms with Crippen LogP contribution >= 0.6 is 0 Å². The molecular weight excluding hydrogens is 235 g/mol. The molecule has 4 nitrogen and oxygen atoms in total. The zero-order chi connectivity index (χ0) is 13.1. The number of amidine groups is 1. The Bertz CT molecular complexity index is 285. The normalized spacial score (nSPS) is 22.7. The number of rotatable bonds is 4. The summed E-state index contributed by atoms with van der Waals surface area (Å²) >= 11 is 0. The summed E-state index contributed by atoms with van der Waals surface area (Å²) < 4.78 is 37.9. The largest absolute Gasteiger partial charge is 0.409 e. The van der Waals surface area contributed by atoms with Gasteiger partial charge in [-0.15, -0.1) is 0 Å². The molecule has 0 saturated heterocycles. The van der Waals surface area contributed by atoms with Gasteiger partial charge >= 0.3 is 6.18 Å². The Morgan fingerprint density at radius 3 is 2.41 bits per heavy atom. The van der Waals surface area contributed by atoms with Gasteiger partial charge in [0.05, 0.1) is 0 Å². The highest BCUT2D eigenvalue weighted by molar-refractivity contribution is 5.83. The van der Waals surface area contributed by atoms with E-state index in [-0.39, 0.29) is 12.1 Å². The van der Waals surface area contributed by atoms with Gasteiger partial charge in [0, 0.05) is 12.1 Å². The molecule has 0 spiro atoms. The SMILES string of the molecule is CC1(NCC(C(N)=NO)C(F)(F)F)CCCC1. The van der Waals surface area contributed by atoms with Crippen LogP contribution in [-0.4, -0.2) is 29.3 Å². The summed E-state index contributed by atoms with van der Waals surface area (Å²) in [4.78, 5) is 0. The standard InChI is InChI=1S/C10H18F3N3O/c1-9(4-2-3-5-9)15-6-7(8(14)16-17)10(11,12)13/h7,15,17H,2-6H2,1H3,(H2,14,16). The van der Waals surface area contributed by atoms with Gasteiger partial charge in [0.2, 0.25) is 0 Å². The second-order valence-electron chi connectivity index (χ2n) is 4.77. The van der Waals surface area contributed by atoms with Crippen molar-refractivity contribution < 1.29 is 18.4 Å². The van der Waals surface area contributed by atoms with Crippen molar-refractivity contribution in [2.75, 3.05) is 6.54 Å². The topological polar surface area (TPSA) is 70.6 Å². The van der Waals surface area contributed by atoms with E-state index in [2.05, 4.69) is 10.5 Å². The number of nitrogens with one attached hydrogen (secondary N) is 1. The van der Waals surface area contributed by atoms with Crippen LogP contribution in [0.1, 0.15) is 32.6 Å². The molecule has 1 fully saturated rings. The number of halogens is 3. The molecule has 1 atom stereocenters. The van der Waals surface area contributed by atoms with Crippen molar-refractivity contribution in [2.45, 2.75) is 44.3 Å². The molecule has 100 valence electrons. The van der Waals surface area contributed by atoms with Crippen molar-refractivity contribution >= 4 is 5.84 Å². The second kappa shape index (κ2) is 5.12. The Balaban J connectivity index is 2.62. The van der Waals surface area contributed by atoms with Crippen molar-refractivity contribution in [3.8, 4) is 0 Å². The lowest BCUT2D eigenvalue weighted by atomic mass is 9.98. The van der Waals surface area contributed by atoms with E-state index in [0.29, 0.717) is 0 Å². The Kier molecular flexibility index (Phi) is 4.24. The summed E-state index contributed by atoms with van der Waals surface area (Å²) in [6.07, 6.45) is -0.757. The third-order valence-corrected chi connectivity index (χ3v) is 3.31. The van der Waals surface area contributed by atoms with Gasteiger partial charge < -0.3 is 16.3 Å². The van der Waals surface area contributed by atoms with Crippen LogP contribution in [0.25, 0.3) is 0 Å². The maximum absolute atomic E-state index is 12.6. The third-order valence-electron chi connectivity index (χ3n) is 3.31. The molecule has 0 amide bonds. The average molecular weight is 253 g/mol. The van der Waals surface area contributed by atoms with Crippen LogP contribution in [-0.2, 0) is 0 Å². The molecule has 0 radical (unpaired) electrons. The molecule has 0 aromatic rings. The van der Waals surface area contributed by atoms with Crippen LogP contribution in [0.3, 0.4) is 0 Å². The lowest BCUT2D eigenvalue weighted by Crippen LogP contribution is -2.49. The molecule has 7 heteroatoms. The molecule has 0 bridgehead atoms. The fourth-order valence-electron chi connectivity index (χ4n) is 2.14. The van der Waals surface area contributed by atoms with Crippen LogP contribution < -0.4 is 11.1 Å². The first-order valence-corrected chi connectivity index (χ1v) is 5.58. The van der Waals surface area contributed by atoms with Crippen LogP contribution in [0, 0.1) is 5.92 Å². The molecule has 1 unspecified atom stereocenters. The van der Waals surface area contributed by atoms with Crippen molar-refractivity contribution in [1.82, 2.24) is 5.32 Å². The minimum atomic E-state index is -4.50. The first-order chi connectivity index (χ1) is 7.78. The lowest BCUT2D eigenvalue weighted by Gasteiger charge is -2.28. The number of alkyl halides is 3. The monoisotopic (exact) mass is 253 g/mol. The highest BCUT2D eigenvalue weighted by Crippen LogP contribution is 2.31. The smallest absolute Gasteiger partial charge is 0.400 e. The number of hydrogen-bond donors (Lipinski definition) is 3. The van der Waals surface area contributed by atoms with E-state index in [0.717, 1.165) is 25.7 Å². The molecule has 0 aliphatic heterocycles. The summed E-state index contributed by atoms with van der Waals surface area (Å²) in [7, 11) is 0. The molecule has 4 N–H and O–H groups in total. The molecule has 0 heterocycles. The Morgan fingerprint density at radius 1 is 1.47 bits per heavy atom. The number of oxime groups is 1. The molecule has 1 saturated carbocycles. The van der Waals surface area contributed by atoms with Crippen molar-refractivity contribution in [2.24, 2.45) is 16.8 Å². The predicted octanol–water partition coefficient (Wildman–Crippen LogP) is 1.83. The highest BCUT2D eigenvalue weighted by atomic mass is 19.4. The highest BCUT2D eigenvalue weighted by Gasteiger charge is 2.43. The van der Waals surface area contributed by atoms with E-state index in [1.807, 2.05) is 6.92 Å². The van der Waals surface area contributed by atoms with E-state index in [4.69, 9.17) is 10.9 Å². The molecular formula is C10H18F3N3O. The minimum Gasteiger partial charge on any atom is -0.409 e. The van der Waals surface area contributed by atoms with Crippen LogP contribution in [0.5, 0.6) is 0 Å². The van der Waals surface area contributed by atoms with Gasteiger partial charge in [-0.25, -0.2) is 0 Å². The zero-order valence-electron chi connectivity index (χ0n) is 9.72. The minimum absolute atomic E-state index is 0.265. The van der Waals surface area contributed by atoms with Gasteiger partial charge in [-0.3, -0.25) is 0 Å². The van der Waals surface area contributed by atoms with Gasteiger partial charge in [-0.05, 0) is 19.8 Å². The van der Waals surface area contributed by atoms with Crippen LogP contribution in [0.4, 0.5) is 13.2 Å². The molecule has 1 aliphatic rings. The molecule has 1 aliphatic carbocycles. The summed E-state index contributed by atoms with van der Waals surface area (Å²) in [6.45, 7) is 1.55. The van der Waals surface area contributed by atoms with Crippen molar-refractivity contribution in [3.05, 3.63) is 0 Å². The molecule has 0 aromatic carbocycles. The predicted molar refractivity (Wildman–Crippen MR) is 57.8 cm³/mol. The Morgan fingerprint density at radius 2 is 2.00 bits per heavy atom. The van der Waals surface area contributed by atoms with Crippen LogP contribution in [0.2, 0.25) is 0 Å². The van der Waals surface area contributed by atoms with Gasteiger partial charge in [-0.2, -0.15) is 13.2 Å². The summed E-state index contributed by atoms with van der Waals surface area (Å²) in [5.74, 6) is -2.74. The van der Waals surface area contributed by atoms with Gasteiger partial charge in [0.15, 0.2) is 5.84 Å². The maximum Gasteiger partial charge on any atom is 0.400 e. The number of nitrogens with zero attached hydrogens (tertiary/aromatic N) is 1. The Hall–Kier alpha value is -0.980. The summed E-state index contributed by atoms with van der Waals surface area (Å²) in [6, 6.07) is 0.